The van der Waals surface area contributed by atoms with Crippen molar-refractivity contribution in [2.75, 3.05) is 12.3 Å². The van der Waals surface area contributed by atoms with Crippen LogP contribution in [0.5, 0.6) is 0 Å². The fourth-order valence-electron chi connectivity index (χ4n) is 1.62. The summed E-state index contributed by atoms with van der Waals surface area (Å²) in [5.41, 5.74) is 5.72. The van der Waals surface area contributed by atoms with Crippen LogP contribution in [0.25, 0.3) is 0 Å². The fourth-order valence-corrected chi connectivity index (χ4v) is 3.20. The molecule has 0 aliphatic carbocycles. The van der Waals surface area contributed by atoms with Crippen LogP contribution in [-0.2, 0) is 6.42 Å². The second kappa shape index (κ2) is 6.56. The highest BCUT2D eigenvalue weighted by molar-refractivity contribution is 9.10. The van der Waals surface area contributed by atoms with E-state index in [2.05, 4.69) is 21.2 Å². The predicted octanol–water partition coefficient (Wildman–Crippen LogP) is 3.86. The van der Waals surface area contributed by atoms with Crippen LogP contribution in [0.15, 0.2) is 28.7 Å². The van der Waals surface area contributed by atoms with Crippen molar-refractivity contribution in [1.82, 2.24) is 5.32 Å². The number of carbonyl (C=O) groups is 1. The van der Waals surface area contributed by atoms with Crippen LogP contribution in [0.4, 0.5) is 10.1 Å². The average molecular weight is 378 g/mol. The molecule has 1 heterocycles. The van der Waals surface area contributed by atoms with Crippen molar-refractivity contribution in [3.05, 3.63) is 49.3 Å². The van der Waals surface area contributed by atoms with Crippen LogP contribution in [0.2, 0.25) is 4.34 Å². The van der Waals surface area contributed by atoms with E-state index >= 15 is 0 Å². The van der Waals surface area contributed by atoms with Crippen molar-refractivity contribution in [2.24, 2.45) is 0 Å². The molecule has 106 valence electrons. The minimum atomic E-state index is -0.554. The van der Waals surface area contributed by atoms with E-state index in [0.717, 1.165) is 9.21 Å². The summed E-state index contributed by atoms with van der Waals surface area (Å²) < 4.78 is 14.3. The second-order valence-corrected chi connectivity index (χ2v) is 6.72. The molecule has 2 aromatic rings. The topological polar surface area (TPSA) is 55.1 Å². The Bertz CT molecular complexity index is 647. The molecule has 0 bridgehead atoms. The molecule has 1 aromatic carbocycles. The highest BCUT2D eigenvalue weighted by Crippen LogP contribution is 2.23. The smallest absolute Gasteiger partial charge is 0.252 e. The van der Waals surface area contributed by atoms with Gasteiger partial charge in [0.25, 0.3) is 5.91 Å². The Morgan fingerprint density at radius 2 is 2.20 bits per heavy atom. The number of nitrogen functional groups attached to an aromatic ring is 1. The number of nitrogens with one attached hydrogen (secondary N) is 1. The van der Waals surface area contributed by atoms with Crippen LogP contribution in [0.1, 0.15) is 15.2 Å². The van der Waals surface area contributed by atoms with Gasteiger partial charge in [0, 0.05) is 15.9 Å². The van der Waals surface area contributed by atoms with Gasteiger partial charge >= 0.3 is 0 Å². The molecule has 0 fully saturated rings. The quantitative estimate of drug-likeness (QED) is 0.795. The summed E-state index contributed by atoms with van der Waals surface area (Å²) in [6.07, 6.45) is 0.692. The SMILES string of the molecule is Nc1cc(C(=O)NCCc2ccc(Cl)s2)c(Br)cc1F. The van der Waals surface area contributed by atoms with E-state index in [-0.39, 0.29) is 11.6 Å². The van der Waals surface area contributed by atoms with Crippen LogP contribution >= 0.6 is 38.9 Å². The number of halogens is 3. The first kappa shape index (κ1) is 15.3. The standard InChI is InChI=1S/C13H11BrClFN2OS/c14-9-6-10(16)11(17)5-8(9)13(19)18-4-3-7-1-2-12(15)20-7/h1-2,5-6H,3-4,17H2,(H,18,19). The minimum Gasteiger partial charge on any atom is -0.396 e. The van der Waals surface area contributed by atoms with Gasteiger partial charge < -0.3 is 11.1 Å². The molecule has 0 saturated carbocycles. The van der Waals surface area contributed by atoms with Crippen LogP contribution in [0.3, 0.4) is 0 Å². The third-order valence-corrected chi connectivity index (χ3v) is 4.56. The van der Waals surface area contributed by atoms with Gasteiger partial charge in [0.2, 0.25) is 0 Å². The first-order valence-corrected chi connectivity index (χ1v) is 7.73. The molecule has 1 aromatic heterocycles. The van der Waals surface area contributed by atoms with Crippen molar-refractivity contribution >= 4 is 50.5 Å². The third-order valence-electron chi connectivity index (χ3n) is 2.62. The van der Waals surface area contributed by atoms with E-state index in [1.165, 1.54) is 23.5 Å². The van der Waals surface area contributed by atoms with Gasteiger partial charge in [0.05, 0.1) is 15.6 Å². The van der Waals surface area contributed by atoms with Crippen molar-refractivity contribution in [1.29, 1.82) is 0 Å². The Hall–Kier alpha value is -1.11. The van der Waals surface area contributed by atoms with Crippen LogP contribution in [0, 0.1) is 5.82 Å². The molecule has 2 rings (SSSR count). The number of thiophene rings is 1. The summed E-state index contributed by atoms with van der Waals surface area (Å²) in [6, 6.07) is 6.24. The maximum atomic E-state index is 13.2. The number of amides is 1. The van der Waals surface area contributed by atoms with E-state index in [1.807, 2.05) is 12.1 Å². The van der Waals surface area contributed by atoms with Crippen molar-refractivity contribution in [3.8, 4) is 0 Å². The van der Waals surface area contributed by atoms with Crippen molar-refractivity contribution in [3.63, 3.8) is 0 Å². The highest BCUT2D eigenvalue weighted by Gasteiger charge is 2.13. The van der Waals surface area contributed by atoms with Crippen LogP contribution in [-0.4, -0.2) is 12.5 Å². The molecule has 1 amide bonds. The zero-order chi connectivity index (χ0) is 14.7. The largest absolute Gasteiger partial charge is 0.396 e. The maximum Gasteiger partial charge on any atom is 0.252 e. The number of carbonyl (C=O) groups excluding carboxylic acids is 1. The van der Waals surface area contributed by atoms with Gasteiger partial charge in [-0.05, 0) is 46.6 Å². The second-order valence-electron chi connectivity index (χ2n) is 4.07. The Morgan fingerprint density at radius 3 is 2.85 bits per heavy atom. The van der Waals surface area contributed by atoms with Gasteiger partial charge in [0.15, 0.2) is 0 Å². The fraction of sp³-hybridized carbons (Fsp3) is 0.154. The Morgan fingerprint density at radius 1 is 1.45 bits per heavy atom. The first-order chi connectivity index (χ1) is 9.47. The van der Waals surface area contributed by atoms with Gasteiger partial charge in [-0.25, -0.2) is 4.39 Å². The lowest BCUT2D eigenvalue weighted by atomic mass is 10.2. The minimum absolute atomic E-state index is 0.0524. The van der Waals surface area contributed by atoms with Gasteiger partial charge in [-0.3, -0.25) is 4.79 Å². The number of rotatable bonds is 4. The lowest BCUT2D eigenvalue weighted by Crippen LogP contribution is -2.26. The molecule has 0 aliphatic rings. The molecule has 0 saturated heterocycles. The number of nitrogens with two attached hydrogens (primary N) is 1. The average Bonchev–Trinajstić information content (AvgIpc) is 2.79. The van der Waals surface area contributed by atoms with E-state index in [1.54, 1.807) is 0 Å². The van der Waals surface area contributed by atoms with Gasteiger partial charge in [-0.15, -0.1) is 11.3 Å². The van der Waals surface area contributed by atoms with Crippen molar-refractivity contribution in [2.45, 2.75) is 6.42 Å². The van der Waals surface area contributed by atoms with Crippen molar-refractivity contribution < 1.29 is 9.18 Å². The summed E-state index contributed by atoms with van der Waals surface area (Å²) in [5.74, 6) is -0.854. The molecule has 0 aliphatic heterocycles. The number of anilines is 1. The maximum absolute atomic E-state index is 13.2. The van der Waals surface area contributed by atoms with Gasteiger partial charge in [0.1, 0.15) is 5.82 Å². The van der Waals surface area contributed by atoms with E-state index in [4.69, 9.17) is 17.3 Å². The summed E-state index contributed by atoms with van der Waals surface area (Å²) in [4.78, 5) is 13.1. The number of benzene rings is 1. The van der Waals surface area contributed by atoms with Gasteiger partial charge in [-0.2, -0.15) is 0 Å². The molecule has 0 unspecified atom stereocenters. The molecule has 0 atom stereocenters. The molecule has 20 heavy (non-hydrogen) atoms. The Kier molecular flexibility index (Phi) is 5.01. The Balaban J connectivity index is 1.97. The monoisotopic (exact) mass is 376 g/mol. The van der Waals surface area contributed by atoms with E-state index < -0.39 is 5.82 Å². The number of hydrogen-bond acceptors (Lipinski definition) is 3. The lowest BCUT2D eigenvalue weighted by Gasteiger charge is -2.08. The van der Waals surface area contributed by atoms with Gasteiger partial charge in [-0.1, -0.05) is 11.6 Å². The Labute approximate surface area is 133 Å². The summed E-state index contributed by atoms with van der Waals surface area (Å²) in [6.45, 7) is 0.472. The summed E-state index contributed by atoms with van der Waals surface area (Å²) >= 11 is 10.5. The molecule has 3 nitrogen and oxygen atoms in total. The molecular formula is C13H11BrClFN2OS. The summed E-state index contributed by atoms with van der Waals surface area (Å²) in [5, 5.41) is 2.76. The first-order valence-electron chi connectivity index (χ1n) is 5.74. The predicted molar refractivity (Wildman–Crippen MR) is 83.9 cm³/mol. The molecule has 7 heteroatoms. The summed E-state index contributed by atoms with van der Waals surface area (Å²) in [7, 11) is 0. The molecular weight excluding hydrogens is 367 g/mol. The number of hydrogen-bond donors (Lipinski definition) is 2. The lowest BCUT2D eigenvalue weighted by molar-refractivity contribution is 0.0953. The van der Waals surface area contributed by atoms with Crippen LogP contribution < -0.4 is 11.1 Å². The molecule has 0 spiro atoms. The molecule has 3 N–H and O–H groups in total. The highest BCUT2D eigenvalue weighted by atomic mass is 79.9. The normalized spacial score (nSPS) is 10.6. The van der Waals surface area contributed by atoms with E-state index in [0.29, 0.717) is 23.0 Å². The zero-order valence-corrected chi connectivity index (χ0v) is 13.4. The molecule has 0 radical (unpaired) electrons. The third kappa shape index (κ3) is 3.71. The zero-order valence-electron chi connectivity index (χ0n) is 10.3. The van der Waals surface area contributed by atoms with E-state index in [9.17, 15) is 9.18 Å².